The molecule has 0 aliphatic carbocycles. The number of aryl methyl sites for hydroxylation is 1. The highest BCUT2D eigenvalue weighted by Crippen LogP contribution is 2.20. The van der Waals surface area contributed by atoms with Crippen LogP contribution in [0.3, 0.4) is 0 Å². The van der Waals surface area contributed by atoms with Gasteiger partial charge in [0, 0.05) is 48.2 Å². The summed E-state index contributed by atoms with van der Waals surface area (Å²) < 4.78 is 1.63. The maximum atomic E-state index is 12.5. The van der Waals surface area contributed by atoms with Gasteiger partial charge in [-0.05, 0) is 18.2 Å². The second kappa shape index (κ2) is 7.84. The van der Waals surface area contributed by atoms with E-state index in [1.807, 2.05) is 0 Å². The van der Waals surface area contributed by atoms with Crippen molar-refractivity contribution in [2.24, 2.45) is 0 Å². The minimum absolute atomic E-state index is 0.0494. The molecule has 1 saturated heterocycles. The Morgan fingerprint density at radius 1 is 1.00 bits per heavy atom. The summed E-state index contributed by atoms with van der Waals surface area (Å²) in [6, 6.07) is 4.79. The molecule has 1 aromatic heterocycles. The standard InChI is InChI=1S/C16H17Cl2N5O2/c17-13-7-12(8-14(18)9-13)16(25)22-5-3-21(4-6-22)15(24)1-2-23-11-19-10-20-23/h7-11H,1-6H2. The molecule has 2 aromatic rings. The van der Waals surface area contributed by atoms with Crippen LogP contribution in [0.4, 0.5) is 0 Å². The first-order chi connectivity index (χ1) is 12.0. The van der Waals surface area contributed by atoms with Gasteiger partial charge >= 0.3 is 0 Å². The highest BCUT2D eigenvalue weighted by molar-refractivity contribution is 6.35. The van der Waals surface area contributed by atoms with Gasteiger partial charge in [0.05, 0.1) is 6.54 Å². The zero-order valence-electron chi connectivity index (χ0n) is 13.4. The number of piperazine rings is 1. The van der Waals surface area contributed by atoms with E-state index in [0.29, 0.717) is 54.8 Å². The van der Waals surface area contributed by atoms with Crippen molar-refractivity contribution in [3.8, 4) is 0 Å². The number of nitrogens with zero attached hydrogens (tertiary/aromatic N) is 5. The van der Waals surface area contributed by atoms with Crippen LogP contribution in [-0.4, -0.2) is 62.6 Å². The third kappa shape index (κ3) is 4.49. The van der Waals surface area contributed by atoms with Crippen molar-refractivity contribution in [1.29, 1.82) is 0 Å². The Kier molecular flexibility index (Phi) is 5.55. The van der Waals surface area contributed by atoms with Crippen LogP contribution >= 0.6 is 23.2 Å². The number of carbonyl (C=O) groups is 2. The van der Waals surface area contributed by atoms with Crippen LogP contribution in [0.2, 0.25) is 10.0 Å². The summed E-state index contributed by atoms with van der Waals surface area (Å²) >= 11 is 11.9. The van der Waals surface area contributed by atoms with E-state index >= 15 is 0 Å². The third-order valence-electron chi connectivity index (χ3n) is 4.05. The van der Waals surface area contributed by atoms with Crippen LogP contribution in [0.25, 0.3) is 0 Å². The van der Waals surface area contributed by atoms with Crippen LogP contribution in [0.1, 0.15) is 16.8 Å². The lowest BCUT2D eigenvalue weighted by atomic mass is 10.1. The van der Waals surface area contributed by atoms with E-state index in [1.165, 1.54) is 6.33 Å². The van der Waals surface area contributed by atoms with Gasteiger partial charge in [0.25, 0.3) is 5.91 Å². The molecule has 0 radical (unpaired) electrons. The van der Waals surface area contributed by atoms with Gasteiger partial charge in [0.1, 0.15) is 12.7 Å². The molecule has 0 bridgehead atoms. The molecule has 0 atom stereocenters. The van der Waals surface area contributed by atoms with Gasteiger partial charge in [-0.15, -0.1) is 0 Å². The van der Waals surface area contributed by atoms with Crippen LogP contribution in [0.15, 0.2) is 30.9 Å². The highest BCUT2D eigenvalue weighted by atomic mass is 35.5. The predicted molar refractivity (Wildman–Crippen MR) is 93.6 cm³/mol. The van der Waals surface area contributed by atoms with Gasteiger partial charge in [-0.25, -0.2) is 4.98 Å². The van der Waals surface area contributed by atoms with Crippen LogP contribution < -0.4 is 0 Å². The monoisotopic (exact) mass is 381 g/mol. The minimum atomic E-state index is -0.126. The quantitative estimate of drug-likeness (QED) is 0.811. The fourth-order valence-electron chi connectivity index (χ4n) is 2.74. The van der Waals surface area contributed by atoms with Gasteiger partial charge in [-0.2, -0.15) is 5.10 Å². The molecule has 2 amide bonds. The van der Waals surface area contributed by atoms with Gasteiger partial charge in [-0.1, -0.05) is 23.2 Å². The molecule has 132 valence electrons. The molecule has 0 spiro atoms. The Morgan fingerprint density at radius 3 is 2.24 bits per heavy atom. The molecule has 1 aromatic carbocycles. The molecular weight excluding hydrogens is 365 g/mol. The van der Waals surface area contributed by atoms with Gasteiger partial charge < -0.3 is 9.80 Å². The number of hydrogen-bond donors (Lipinski definition) is 0. The Bertz CT molecular complexity index is 738. The number of amides is 2. The van der Waals surface area contributed by atoms with Crippen LogP contribution in [0.5, 0.6) is 0 Å². The summed E-state index contributed by atoms with van der Waals surface area (Å²) in [5, 5.41) is 4.83. The number of carbonyl (C=O) groups excluding carboxylic acids is 2. The van der Waals surface area contributed by atoms with Crippen molar-refractivity contribution >= 4 is 35.0 Å². The first kappa shape index (κ1) is 17.7. The van der Waals surface area contributed by atoms with Crippen molar-refractivity contribution in [3.05, 3.63) is 46.5 Å². The van der Waals surface area contributed by atoms with Crippen molar-refractivity contribution in [3.63, 3.8) is 0 Å². The lowest BCUT2D eigenvalue weighted by Gasteiger charge is -2.35. The van der Waals surface area contributed by atoms with E-state index in [2.05, 4.69) is 10.1 Å². The van der Waals surface area contributed by atoms with E-state index < -0.39 is 0 Å². The maximum absolute atomic E-state index is 12.5. The predicted octanol–water partition coefficient (Wildman–Crippen LogP) is 1.96. The molecular formula is C16H17Cl2N5O2. The molecule has 7 nitrogen and oxygen atoms in total. The molecule has 2 heterocycles. The fraction of sp³-hybridized carbons (Fsp3) is 0.375. The summed E-state index contributed by atoms with van der Waals surface area (Å²) in [6.45, 7) is 2.49. The molecule has 0 N–H and O–H groups in total. The molecule has 1 aliphatic heterocycles. The Labute approximate surface area is 155 Å². The average molecular weight is 382 g/mol. The minimum Gasteiger partial charge on any atom is -0.339 e. The van der Waals surface area contributed by atoms with E-state index in [4.69, 9.17) is 23.2 Å². The zero-order chi connectivity index (χ0) is 17.8. The van der Waals surface area contributed by atoms with Crippen molar-refractivity contribution in [1.82, 2.24) is 24.6 Å². The third-order valence-corrected chi connectivity index (χ3v) is 4.49. The molecule has 25 heavy (non-hydrogen) atoms. The number of benzene rings is 1. The normalized spacial score (nSPS) is 14.6. The summed E-state index contributed by atoms with van der Waals surface area (Å²) in [5.74, 6) is -0.0764. The molecule has 1 fully saturated rings. The topological polar surface area (TPSA) is 71.3 Å². The number of aromatic nitrogens is 3. The fourth-order valence-corrected chi connectivity index (χ4v) is 3.26. The first-order valence-corrected chi connectivity index (χ1v) is 8.64. The Balaban J connectivity index is 1.52. The second-order valence-corrected chi connectivity index (χ2v) is 6.61. The molecule has 1 aliphatic rings. The summed E-state index contributed by atoms with van der Waals surface area (Å²) in [7, 11) is 0. The Hall–Kier alpha value is -2.12. The number of hydrogen-bond acceptors (Lipinski definition) is 4. The molecule has 3 rings (SSSR count). The second-order valence-electron chi connectivity index (χ2n) is 5.74. The molecule has 0 saturated carbocycles. The van der Waals surface area contributed by atoms with E-state index in [1.54, 1.807) is 39.0 Å². The van der Waals surface area contributed by atoms with E-state index in [-0.39, 0.29) is 11.8 Å². The van der Waals surface area contributed by atoms with Crippen molar-refractivity contribution in [2.75, 3.05) is 26.2 Å². The smallest absolute Gasteiger partial charge is 0.254 e. The molecule has 0 unspecified atom stereocenters. The number of halogens is 2. The first-order valence-electron chi connectivity index (χ1n) is 7.88. The molecule has 9 heteroatoms. The van der Waals surface area contributed by atoms with Gasteiger partial charge in [0.15, 0.2) is 0 Å². The van der Waals surface area contributed by atoms with Gasteiger partial charge in [0.2, 0.25) is 5.91 Å². The lowest BCUT2D eigenvalue weighted by Crippen LogP contribution is -2.50. The Morgan fingerprint density at radius 2 is 1.64 bits per heavy atom. The van der Waals surface area contributed by atoms with Crippen molar-refractivity contribution in [2.45, 2.75) is 13.0 Å². The summed E-state index contributed by atoms with van der Waals surface area (Å²) in [6.07, 6.45) is 3.39. The van der Waals surface area contributed by atoms with E-state index in [9.17, 15) is 9.59 Å². The largest absolute Gasteiger partial charge is 0.339 e. The summed E-state index contributed by atoms with van der Waals surface area (Å²) in [4.78, 5) is 32.1. The summed E-state index contributed by atoms with van der Waals surface area (Å²) in [5.41, 5.74) is 0.462. The van der Waals surface area contributed by atoms with Crippen LogP contribution in [0, 0.1) is 0 Å². The van der Waals surface area contributed by atoms with E-state index in [0.717, 1.165) is 0 Å². The average Bonchev–Trinajstić information content (AvgIpc) is 3.12. The van der Waals surface area contributed by atoms with Gasteiger partial charge in [-0.3, -0.25) is 14.3 Å². The van der Waals surface area contributed by atoms with Crippen molar-refractivity contribution < 1.29 is 9.59 Å². The highest BCUT2D eigenvalue weighted by Gasteiger charge is 2.25. The maximum Gasteiger partial charge on any atom is 0.254 e. The zero-order valence-corrected chi connectivity index (χ0v) is 14.9. The lowest BCUT2D eigenvalue weighted by molar-refractivity contribution is -0.132. The number of rotatable bonds is 4. The van der Waals surface area contributed by atoms with Crippen LogP contribution in [-0.2, 0) is 11.3 Å². The SMILES string of the molecule is O=C(CCn1cncn1)N1CCN(C(=O)c2cc(Cl)cc(Cl)c2)CC1.